The first-order valence-corrected chi connectivity index (χ1v) is 9.58. The van der Waals surface area contributed by atoms with Gasteiger partial charge in [0.1, 0.15) is 5.70 Å². The SMILES string of the molecule is Cc1ccc(C2=C(N3CCCCC3)C(=O)N(c3ccccc3C)C2=O)cc1. The second-order valence-corrected chi connectivity index (χ2v) is 7.37. The monoisotopic (exact) mass is 360 g/mol. The smallest absolute Gasteiger partial charge is 0.282 e. The third-order valence-corrected chi connectivity index (χ3v) is 5.43. The van der Waals surface area contributed by atoms with E-state index in [1.165, 1.54) is 11.3 Å². The number of anilines is 1. The summed E-state index contributed by atoms with van der Waals surface area (Å²) < 4.78 is 0. The topological polar surface area (TPSA) is 40.6 Å². The van der Waals surface area contributed by atoms with E-state index in [1.807, 2.05) is 62.4 Å². The van der Waals surface area contributed by atoms with Gasteiger partial charge in [-0.05, 0) is 50.3 Å². The molecule has 27 heavy (non-hydrogen) atoms. The van der Waals surface area contributed by atoms with Gasteiger partial charge in [0.05, 0.1) is 11.3 Å². The number of imide groups is 1. The van der Waals surface area contributed by atoms with Crippen molar-refractivity contribution in [3.63, 3.8) is 0 Å². The van der Waals surface area contributed by atoms with E-state index in [0.717, 1.165) is 42.6 Å². The lowest BCUT2D eigenvalue weighted by Gasteiger charge is -2.29. The first-order valence-electron chi connectivity index (χ1n) is 9.58. The Labute approximate surface area is 160 Å². The van der Waals surface area contributed by atoms with Crippen LogP contribution in [0.25, 0.3) is 5.57 Å². The molecule has 2 aromatic rings. The summed E-state index contributed by atoms with van der Waals surface area (Å²) in [5.74, 6) is -0.425. The van der Waals surface area contributed by atoms with Crippen molar-refractivity contribution in [3.8, 4) is 0 Å². The van der Waals surface area contributed by atoms with E-state index in [1.54, 1.807) is 0 Å². The number of rotatable bonds is 3. The van der Waals surface area contributed by atoms with Crippen molar-refractivity contribution >= 4 is 23.1 Å². The molecule has 2 aliphatic heterocycles. The van der Waals surface area contributed by atoms with Crippen molar-refractivity contribution in [2.45, 2.75) is 33.1 Å². The summed E-state index contributed by atoms with van der Waals surface area (Å²) in [6, 6.07) is 15.4. The Morgan fingerprint density at radius 3 is 2.11 bits per heavy atom. The van der Waals surface area contributed by atoms with E-state index >= 15 is 0 Å². The predicted octanol–water partition coefficient (Wildman–Crippen LogP) is 4.07. The summed E-state index contributed by atoms with van der Waals surface area (Å²) in [5, 5.41) is 0. The molecule has 0 saturated carbocycles. The molecule has 2 heterocycles. The van der Waals surface area contributed by atoms with Gasteiger partial charge in [-0.1, -0.05) is 48.0 Å². The van der Waals surface area contributed by atoms with Gasteiger partial charge in [-0.3, -0.25) is 9.59 Å². The number of hydrogen-bond donors (Lipinski definition) is 0. The van der Waals surface area contributed by atoms with E-state index in [2.05, 4.69) is 4.90 Å². The number of piperidine rings is 1. The van der Waals surface area contributed by atoms with Crippen LogP contribution in [0.1, 0.15) is 36.0 Å². The van der Waals surface area contributed by atoms with Crippen LogP contribution in [-0.4, -0.2) is 29.8 Å². The lowest BCUT2D eigenvalue weighted by molar-refractivity contribution is -0.120. The predicted molar refractivity (Wildman–Crippen MR) is 107 cm³/mol. The van der Waals surface area contributed by atoms with Gasteiger partial charge in [0, 0.05) is 13.1 Å². The largest absolute Gasteiger partial charge is 0.366 e. The first kappa shape index (κ1) is 17.5. The van der Waals surface area contributed by atoms with Crippen LogP contribution in [0.4, 0.5) is 5.69 Å². The lowest BCUT2D eigenvalue weighted by atomic mass is 10.0. The lowest BCUT2D eigenvalue weighted by Crippen LogP contribution is -2.37. The number of amides is 2. The number of aryl methyl sites for hydroxylation is 2. The van der Waals surface area contributed by atoms with Crippen LogP contribution < -0.4 is 4.90 Å². The Morgan fingerprint density at radius 2 is 1.44 bits per heavy atom. The average molecular weight is 360 g/mol. The number of hydrogen-bond acceptors (Lipinski definition) is 3. The van der Waals surface area contributed by atoms with Crippen molar-refractivity contribution in [2.75, 3.05) is 18.0 Å². The molecule has 1 saturated heterocycles. The molecule has 0 atom stereocenters. The van der Waals surface area contributed by atoms with Crippen LogP contribution in [0.5, 0.6) is 0 Å². The number of likely N-dealkylation sites (tertiary alicyclic amines) is 1. The molecule has 2 amide bonds. The van der Waals surface area contributed by atoms with E-state index < -0.39 is 0 Å². The number of para-hydroxylation sites is 1. The third-order valence-electron chi connectivity index (χ3n) is 5.43. The highest BCUT2D eigenvalue weighted by Gasteiger charge is 2.42. The average Bonchev–Trinajstić information content (AvgIpc) is 2.94. The van der Waals surface area contributed by atoms with Crippen molar-refractivity contribution in [3.05, 3.63) is 70.9 Å². The van der Waals surface area contributed by atoms with Crippen LogP contribution in [0.15, 0.2) is 54.2 Å². The van der Waals surface area contributed by atoms with Crippen LogP contribution in [-0.2, 0) is 9.59 Å². The minimum Gasteiger partial charge on any atom is -0.366 e. The minimum absolute atomic E-state index is 0.202. The van der Waals surface area contributed by atoms with E-state index in [0.29, 0.717) is 17.0 Å². The maximum absolute atomic E-state index is 13.4. The third kappa shape index (κ3) is 3.05. The van der Waals surface area contributed by atoms with Crippen LogP contribution >= 0.6 is 0 Å². The van der Waals surface area contributed by atoms with E-state index in [9.17, 15) is 9.59 Å². The fourth-order valence-electron chi connectivity index (χ4n) is 3.94. The van der Waals surface area contributed by atoms with Crippen LogP contribution in [0.2, 0.25) is 0 Å². The molecule has 4 rings (SSSR count). The molecule has 0 aliphatic carbocycles. The van der Waals surface area contributed by atoms with Gasteiger partial charge in [-0.15, -0.1) is 0 Å². The van der Waals surface area contributed by atoms with Crippen molar-refractivity contribution in [2.24, 2.45) is 0 Å². The highest BCUT2D eigenvalue weighted by atomic mass is 16.2. The van der Waals surface area contributed by atoms with Crippen molar-refractivity contribution in [1.29, 1.82) is 0 Å². The van der Waals surface area contributed by atoms with E-state index in [4.69, 9.17) is 0 Å². The Balaban J connectivity index is 1.84. The fraction of sp³-hybridized carbons (Fsp3) is 0.304. The van der Waals surface area contributed by atoms with Crippen molar-refractivity contribution in [1.82, 2.24) is 4.90 Å². The molecule has 2 aliphatic rings. The summed E-state index contributed by atoms with van der Waals surface area (Å²) in [6.07, 6.45) is 3.28. The molecule has 0 N–H and O–H groups in total. The minimum atomic E-state index is -0.223. The highest BCUT2D eigenvalue weighted by molar-refractivity contribution is 6.45. The molecule has 0 unspecified atom stereocenters. The van der Waals surface area contributed by atoms with Gasteiger partial charge in [-0.2, -0.15) is 0 Å². The van der Waals surface area contributed by atoms with Gasteiger partial charge in [0.25, 0.3) is 11.8 Å². The second-order valence-electron chi connectivity index (χ2n) is 7.37. The van der Waals surface area contributed by atoms with Crippen LogP contribution in [0.3, 0.4) is 0 Å². The molecule has 0 aromatic heterocycles. The number of carbonyl (C=O) groups excluding carboxylic acids is 2. The van der Waals surface area contributed by atoms with Gasteiger partial charge < -0.3 is 4.90 Å². The Bertz CT molecular complexity index is 922. The summed E-state index contributed by atoms with van der Waals surface area (Å²) in [4.78, 5) is 30.3. The highest BCUT2D eigenvalue weighted by Crippen LogP contribution is 2.36. The maximum atomic E-state index is 13.4. The second kappa shape index (κ2) is 7.03. The summed E-state index contributed by atoms with van der Waals surface area (Å²) >= 11 is 0. The summed E-state index contributed by atoms with van der Waals surface area (Å²) in [6.45, 7) is 5.60. The molecular weight excluding hydrogens is 336 g/mol. The first-order chi connectivity index (χ1) is 13.1. The van der Waals surface area contributed by atoms with Gasteiger partial charge in [0.2, 0.25) is 0 Å². The molecule has 0 bridgehead atoms. The van der Waals surface area contributed by atoms with Gasteiger partial charge in [-0.25, -0.2) is 4.90 Å². The molecule has 4 heteroatoms. The molecular formula is C23H24N2O2. The molecule has 4 nitrogen and oxygen atoms in total. The number of carbonyl (C=O) groups is 2. The normalized spacial score (nSPS) is 17.9. The Hall–Kier alpha value is -2.88. The number of nitrogens with zero attached hydrogens (tertiary/aromatic N) is 2. The molecule has 0 radical (unpaired) electrons. The molecule has 1 fully saturated rings. The zero-order valence-electron chi connectivity index (χ0n) is 15.9. The molecule has 0 spiro atoms. The Morgan fingerprint density at radius 1 is 0.778 bits per heavy atom. The zero-order valence-corrected chi connectivity index (χ0v) is 15.9. The standard InChI is InChI=1S/C23H24N2O2/c1-16-10-12-18(13-11-16)20-21(24-14-6-3-7-15-24)23(27)25(22(20)26)19-9-5-4-8-17(19)2/h4-5,8-13H,3,6-7,14-15H2,1-2H3. The number of benzene rings is 2. The van der Waals surface area contributed by atoms with Crippen LogP contribution in [0, 0.1) is 13.8 Å². The summed E-state index contributed by atoms with van der Waals surface area (Å²) in [5.41, 5.74) is 4.63. The molecule has 2 aromatic carbocycles. The van der Waals surface area contributed by atoms with Gasteiger partial charge in [0.15, 0.2) is 0 Å². The Kier molecular flexibility index (Phi) is 4.56. The maximum Gasteiger partial charge on any atom is 0.282 e. The van der Waals surface area contributed by atoms with Crippen molar-refractivity contribution < 1.29 is 9.59 Å². The quantitative estimate of drug-likeness (QED) is 0.775. The summed E-state index contributed by atoms with van der Waals surface area (Å²) in [7, 11) is 0. The fourth-order valence-corrected chi connectivity index (χ4v) is 3.94. The van der Waals surface area contributed by atoms with E-state index in [-0.39, 0.29) is 11.8 Å². The molecule has 138 valence electrons. The van der Waals surface area contributed by atoms with Gasteiger partial charge >= 0.3 is 0 Å². The zero-order chi connectivity index (χ0) is 19.0.